The van der Waals surface area contributed by atoms with E-state index >= 15 is 0 Å². The molecule has 3 rings (SSSR count). The fourth-order valence-corrected chi connectivity index (χ4v) is 3.25. The Morgan fingerprint density at radius 1 is 1.35 bits per heavy atom. The summed E-state index contributed by atoms with van der Waals surface area (Å²) in [5, 5.41) is 3.54. The van der Waals surface area contributed by atoms with Crippen molar-refractivity contribution < 1.29 is 17.9 Å². The van der Waals surface area contributed by atoms with Crippen LogP contribution in [0.2, 0.25) is 0 Å². The molecule has 0 aliphatic heterocycles. The van der Waals surface area contributed by atoms with Gasteiger partial charge in [0.05, 0.1) is 16.8 Å². The largest absolute Gasteiger partial charge is 0.772 e. The van der Waals surface area contributed by atoms with E-state index in [1.165, 1.54) is 24.4 Å². The molecule has 0 aliphatic carbocycles. The maximum Gasteiger partial charge on any atom is 0.252 e. The number of benzene rings is 2. The molecule has 134 valence electrons. The molecule has 1 amide bonds. The van der Waals surface area contributed by atoms with Gasteiger partial charge in [0.1, 0.15) is 5.82 Å². The van der Waals surface area contributed by atoms with Crippen LogP contribution in [0.4, 0.5) is 15.8 Å². The van der Waals surface area contributed by atoms with E-state index in [2.05, 4.69) is 10.3 Å². The van der Waals surface area contributed by atoms with Crippen LogP contribution in [-0.4, -0.2) is 19.7 Å². The van der Waals surface area contributed by atoms with E-state index in [-0.39, 0.29) is 11.3 Å². The number of carbonyl (C=O) groups excluding carboxylic acids is 1. The lowest BCUT2D eigenvalue weighted by Crippen LogP contribution is -2.14. The summed E-state index contributed by atoms with van der Waals surface area (Å²) >= 11 is -2.26. The number of amides is 1. The molecule has 0 saturated heterocycles. The quantitative estimate of drug-likeness (QED) is 0.670. The molecule has 0 fully saturated rings. The fraction of sp³-hybridized carbons (Fsp3) is 0.111. The zero-order valence-corrected chi connectivity index (χ0v) is 14.6. The molecule has 0 saturated carbocycles. The number of hydrogen-bond donors (Lipinski definition) is 2. The summed E-state index contributed by atoms with van der Waals surface area (Å²) in [6.45, 7) is 1.79. The molecule has 26 heavy (non-hydrogen) atoms. The molecule has 1 aromatic heterocycles. The first-order chi connectivity index (χ1) is 12.3. The van der Waals surface area contributed by atoms with Crippen molar-refractivity contribution in [3.63, 3.8) is 0 Å². The summed E-state index contributed by atoms with van der Waals surface area (Å²) in [5.41, 5.74) is 8.26. The maximum atomic E-state index is 13.5. The lowest BCUT2D eigenvalue weighted by Gasteiger charge is -2.16. The van der Waals surface area contributed by atoms with E-state index < -0.39 is 22.8 Å². The summed E-state index contributed by atoms with van der Waals surface area (Å²) in [5.74, 6) is -1.31. The Kier molecular flexibility index (Phi) is 4.97. The lowest BCUT2D eigenvalue weighted by atomic mass is 10.0. The van der Waals surface area contributed by atoms with Crippen LogP contribution >= 0.6 is 0 Å². The highest BCUT2D eigenvalue weighted by atomic mass is 32.2. The molecule has 0 aliphatic rings. The number of hydrogen-bond acceptors (Lipinski definition) is 5. The van der Waals surface area contributed by atoms with Gasteiger partial charge in [-0.2, -0.15) is 0 Å². The first-order valence-electron chi connectivity index (χ1n) is 7.65. The van der Waals surface area contributed by atoms with E-state index in [4.69, 9.17) is 5.73 Å². The van der Waals surface area contributed by atoms with Crippen LogP contribution in [0.15, 0.2) is 42.6 Å². The molecule has 6 nitrogen and oxygen atoms in total. The molecule has 1 atom stereocenters. The summed E-state index contributed by atoms with van der Waals surface area (Å²) < 4.78 is 35.6. The third kappa shape index (κ3) is 3.71. The van der Waals surface area contributed by atoms with Crippen molar-refractivity contribution in [2.24, 2.45) is 5.73 Å². The second-order valence-corrected chi connectivity index (χ2v) is 6.70. The Balaban J connectivity index is 2.24. The van der Waals surface area contributed by atoms with Crippen molar-refractivity contribution >= 4 is 39.3 Å². The lowest BCUT2D eigenvalue weighted by molar-refractivity contribution is 0.100. The van der Waals surface area contributed by atoms with Gasteiger partial charge in [-0.1, -0.05) is 23.2 Å². The molecule has 1 heterocycles. The van der Waals surface area contributed by atoms with Crippen LogP contribution in [0, 0.1) is 12.7 Å². The van der Waals surface area contributed by atoms with Gasteiger partial charge in [0, 0.05) is 23.0 Å². The van der Waals surface area contributed by atoms with Crippen molar-refractivity contribution in [3.05, 3.63) is 65.1 Å². The summed E-state index contributed by atoms with van der Waals surface area (Å²) in [6, 6.07) is 9.11. The highest BCUT2D eigenvalue weighted by molar-refractivity contribution is 7.78. The van der Waals surface area contributed by atoms with E-state index in [9.17, 15) is 17.9 Å². The van der Waals surface area contributed by atoms with Crippen molar-refractivity contribution in [3.8, 4) is 0 Å². The van der Waals surface area contributed by atoms with Gasteiger partial charge in [0.2, 0.25) is 0 Å². The second kappa shape index (κ2) is 7.19. The molecule has 1 unspecified atom stereocenters. The van der Waals surface area contributed by atoms with Crippen molar-refractivity contribution in [2.45, 2.75) is 12.7 Å². The number of rotatable bonds is 5. The summed E-state index contributed by atoms with van der Waals surface area (Å²) in [4.78, 5) is 16.1. The number of nitrogens with zero attached hydrogens (tertiary/aromatic N) is 1. The average molecular weight is 372 g/mol. The minimum atomic E-state index is -2.26. The van der Waals surface area contributed by atoms with Crippen LogP contribution in [-0.2, 0) is 16.8 Å². The van der Waals surface area contributed by atoms with Gasteiger partial charge >= 0.3 is 0 Å². The second-order valence-electron chi connectivity index (χ2n) is 5.80. The number of anilines is 2. The highest BCUT2D eigenvalue weighted by Gasteiger charge is 2.16. The molecule has 8 heteroatoms. The van der Waals surface area contributed by atoms with Crippen LogP contribution in [0.3, 0.4) is 0 Å². The van der Waals surface area contributed by atoms with Gasteiger partial charge in [-0.15, -0.1) is 0 Å². The summed E-state index contributed by atoms with van der Waals surface area (Å²) in [7, 11) is 0. The monoisotopic (exact) mass is 372 g/mol. The first kappa shape index (κ1) is 18.0. The Bertz CT molecular complexity index is 1040. The van der Waals surface area contributed by atoms with Gasteiger partial charge in [-0.3, -0.25) is 14.0 Å². The fourth-order valence-electron chi connectivity index (χ4n) is 2.81. The van der Waals surface area contributed by atoms with Crippen molar-refractivity contribution in [1.82, 2.24) is 4.98 Å². The number of pyridine rings is 1. The minimum absolute atomic E-state index is 0.126. The van der Waals surface area contributed by atoms with Gasteiger partial charge in [0.15, 0.2) is 0 Å². The van der Waals surface area contributed by atoms with E-state index in [1.54, 1.807) is 25.1 Å². The maximum absolute atomic E-state index is 13.5. The van der Waals surface area contributed by atoms with Gasteiger partial charge in [-0.05, 0) is 42.3 Å². The number of halogens is 1. The Hall–Kier alpha value is -2.84. The number of nitrogens with one attached hydrogen (secondary N) is 1. The SMILES string of the molecule is Cc1cc(CS(=O)[O-])cc2c(Nc3cccc(F)c3)c(C(N)=O)cnc12. The molecule has 0 bridgehead atoms. The van der Waals surface area contributed by atoms with Crippen molar-refractivity contribution in [1.29, 1.82) is 0 Å². The molecular formula is C18H15FN3O3S-. The number of aromatic nitrogens is 1. The van der Waals surface area contributed by atoms with Crippen molar-refractivity contribution in [2.75, 3.05) is 5.32 Å². The Morgan fingerprint density at radius 3 is 2.77 bits per heavy atom. The third-order valence-corrected chi connectivity index (χ3v) is 4.43. The first-order valence-corrected chi connectivity index (χ1v) is 8.90. The number of nitrogens with two attached hydrogens (primary N) is 1. The van der Waals surface area contributed by atoms with Crippen LogP contribution in [0.5, 0.6) is 0 Å². The smallest absolute Gasteiger partial charge is 0.252 e. The zero-order valence-electron chi connectivity index (χ0n) is 13.8. The van der Waals surface area contributed by atoms with Crippen LogP contribution in [0.1, 0.15) is 21.5 Å². The number of carbonyl (C=O) groups is 1. The van der Waals surface area contributed by atoms with Crippen LogP contribution < -0.4 is 11.1 Å². The molecule has 3 N–H and O–H groups in total. The van der Waals surface area contributed by atoms with Gasteiger partial charge in [0.25, 0.3) is 5.91 Å². The van der Waals surface area contributed by atoms with E-state index in [0.717, 1.165) is 5.56 Å². The number of aryl methyl sites for hydroxylation is 1. The molecular weight excluding hydrogens is 357 g/mol. The topological polar surface area (TPSA) is 108 Å². The number of primary amides is 1. The van der Waals surface area contributed by atoms with E-state index in [0.29, 0.717) is 27.8 Å². The van der Waals surface area contributed by atoms with Gasteiger partial charge < -0.3 is 15.6 Å². The average Bonchev–Trinajstić information content (AvgIpc) is 2.54. The molecule has 0 spiro atoms. The Morgan fingerprint density at radius 2 is 2.12 bits per heavy atom. The van der Waals surface area contributed by atoms with Gasteiger partial charge in [-0.25, -0.2) is 4.39 Å². The number of fused-ring (bicyclic) bond motifs is 1. The minimum Gasteiger partial charge on any atom is -0.772 e. The summed E-state index contributed by atoms with van der Waals surface area (Å²) in [6.07, 6.45) is 1.35. The predicted molar refractivity (Wildman–Crippen MR) is 97.3 cm³/mol. The standard InChI is InChI=1S/C18H16FN3O3S/c1-10-5-11(9-26(24)25)6-14-16(10)21-8-15(18(20)23)17(14)22-13-4-2-3-12(19)7-13/h2-8H,9H2,1H3,(H2,20,23)(H,21,22)(H,24,25)/p-1. The van der Waals surface area contributed by atoms with E-state index in [1.807, 2.05) is 0 Å². The van der Waals surface area contributed by atoms with Crippen LogP contribution in [0.25, 0.3) is 10.9 Å². The molecule has 2 aromatic carbocycles. The normalized spacial score (nSPS) is 12.1. The molecule has 0 radical (unpaired) electrons. The predicted octanol–water partition coefficient (Wildman–Crippen LogP) is 2.90. The highest BCUT2D eigenvalue weighted by Crippen LogP contribution is 2.32. The molecule has 3 aromatic rings. The Labute approximate surface area is 151 Å². The third-order valence-electron chi connectivity index (χ3n) is 3.87. The zero-order chi connectivity index (χ0) is 18.8.